The molecule has 0 radical (unpaired) electrons. The number of amides is 1. The van der Waals surface area contributed by atoms with E-state index in [-0.39, 0.29) is 5.91 Å². The second-order valence-electron chi connectivity index (χ2n) is 5.36. The molecule has 0 aliphatic carbocycles. The van der Waals surface area contributed by atoms with Crippen molar-refractivity contribution in [1.29, 1.82) is 0 Å². The third kappa shape index (κ3) is 2.61. The Bertz CT molecular complexity index is 430. The molecular weight excluding hydrogens is 240 g/mol. The molecule has 1 amide bonds. The number of hydrogen-bond donors (Lipinski definition) is 1. The molecule has 1 N–H and O–H groups in total. The highest BCUT2D eigenvalue weighted by Crippen LogP contribution is 2.25. The summed E-state index contributed by atoms with van der Waals surface area (Å²) in [5, 5.41) is 3.53. The number of hydrogen-bond acceptors (Lipinski definition) is 4. The Labute approximate surface area is 113 Å². The number of nitrogens with one attached hydrogen (secondary N) is 1. The number of aromatic nitrogens is 2. The van der Waals surface area contributed by atoms with E-state index in [1.807, 2.05) is 4.90 Å². The standard InChI is InChI=1S/C14H20N4O/c19-14(12-10-15-7-8-17-12)18-9-2-1-5-13(18)11-4-3-6-16-11/h7-8,10-11,13,16H,1-6,9H2. The van der Waals surface area contributed by atoms with Crippen molar-refractivity contribution >= 4 is 5.91 Å². The Hall–Kier alpha value is -1.49. The summed E-state index contributed by atoms with van der Waals surface area (Å²) in [6.45, 7) is 1.92. The molecule has 0 saturated carbocycles. The fourth-order valence-corrected chi connectivity index (χ4v) is 3.22. The number of carbonyl (C=O) groups is 1. The molecule has 0 aromatic carbocycles. The van der Waals surface area contributed by atoms with E-state index in [2.05, 4.69) is 15.3 Å². The number of rotatable bonds is 2. The molecule has 0 bridgehead atoms. The van der Waals surface area contributed by atoms with Crippen molar-refractivity contribution in [3.05, 3.63) is 24.3 Å². The predicted octanol–water partition coefficient (Wildman–Crippen LogP) is 1.22. The third-order valence-corrected chi connectivity index (χ3v) is 4.16. The Morgan fingerprint density at radius 1 is 1.26 bits per heavy atom. The molecule has 2 atom stereocenters. The average Bonchev–Trinajstić information content (AvgIpc) is 3.01. The van der Waals surface area contributed by atoms with Crippen molar-refractivity contribution in [3.63, 3.8) is 0 Å². The smallest absolute Gasteiger partial charge is 0.274 e. The van der Waals surface area contributed by atoms with E-state index >= 15 is 0 Å². The topological polar surface area (TPSA) is 58.1 Å². The zero-order valence-electron chi connectivity index (χ0n) is 11.1. The van der Waals surface area contributed by atoms with E-state index in [1.165, 1.54) is 19.3 Å². The van der Waals surface area contributed by atoms with Crippen LogP contribution in [-0.2, 0) is 0 Å². The highest BCUT2D eigenvalue weighted by Gasteiger charge is 2.34. The molecule has 5 nitrogen and oxygen atoms in total. The van der Waals surface area contributed by atoms with E-state index in [0.29, 0.717) is 17.8 Å². The van der Waals surface area contributed by atoms with Gasteiger partial charge in [0.05, 0.1) is 6.20 Å². The van der Waals surface area contributed by atoms with Gasteiger partial charge in [0.2, 0.25) is 0 Å². The molecule has 1 aromatic rings. The minimum atomic E-state index is 0.0338. The molecule has 102 valence electrons. The van der Waals surface area contributed by atoms with Gasteiger partial charge >= 0.3 is 0 Å². The first-order valence-corrected chi connectivity index (χ1v) is 7.16. The lowest BCUT2D eigenvalue weighted by Crippen LogP contribution is -2.52. The molecule has 2 unspecified atom stereocenters. The molecule has 19 heavy (non-hydrogen) atoms. The summed E-state index contributed by atoms with van der Waals surface area (Å²) in [6, 6.07) is 0.784. The van der Waals surface area contributed by atoms with Crippen molar-refractivity contribution in [3.8, 4) is 0 Å². The van der Waals surface area contributed by atoms with Crippen LogP contribution in [0.4, 0.5) is 0 Å². The van der Waals surface area contributed by atoms with E-state index in [1.54, 1.807) is 18.6 Å². The first-order valence-electron chi connectivity index (χ1n) is 7.16. The number of nitrogens with zero attached hydrogens (tertiary/aromatic N) is 3. The quantitative estimate of drug-likeness (QED) is 0.868. The minimum Gasteiger partial charge on any atom is -0.333 e. The van der Waals surface area contributed by atoms with Crippen LogP contribution in [0.3, 0.4) is 0 Å². The van der Waals surface area contributed by atoms with Gasteiger partial charge in [0.15, 0.2) is 0 Å². The number of carbonyl (C=O) groups excluding carboxylic acids is 1. The Balaban J connectivity index is 1.78. The summed E-state index contributed by atoms with van der Waals surface area (Å²) in [6.07, 6.45) is 10.5. The van der Waals surface area contributed by atoms with Crippen LogP contribution in [0, 0.1) is 0 Å². The first-order chi connectivity index (χ1) is 9.36. The molecule has 2 fully saturated rings. The van der Waals surface area contributed by atoms with Gasteiger partial charge < -0.3 is 10.2 Å². The van der Waals surface area contributed by atoms with Gasteiger partial charge in [0.1, 0.15) is 5.69 Å². The van der Waals surface area contributed by atoms with Crippen LogP contribution >= 0.6 is 0 Å². The Morgan fingerprint density at radius 3 is 2.95 bits per heavy atom. The van der Waals surface area contributed by atoms with Gasteiger partial charge in [0, 0.05) is 31.0 Å². The summed E-state index contributed by atoms with van der Waals surface area (Å²) in [5.41, 5.74) is 0.465. The minimum absolute atomic E-state index is 0.0338. The monoisotopic (exact) mass is 260 g/mol. The summed E-state index contributed by atoms with van der Waals surface area (Å²) in [4.78, 5) is 22.7. The van der Waals surface area contributed by atoms with Crippen LogP contribution in [0.15, 0.2) is 18.6 Å². The van der Waals surface area contributed by atoms with Crippen molar-refractivity contribution in [2.45, 2.75) is 44.2 Å². The van der Waals surface area contributed by atoms with Crippen LogP contribution in [0.25, 0.3) is 0 Å². The molecule has 2 aliphatic heterocycles. The fourth-order valence-electron chi connectivity index (χ4n) is 3.22. The summed E-state index contributed by atoms with van der Waals surface area (Å²) in [7, 11) is 0. The SMILES string of the molecule is O=C(c1cnccn1)N1CCCCC1C1CCCN1. The fraction of sp³-hybridized carbons (Fsp3) is 0.643. The highest BCUT2D eigenvalue weighted by molar-refractivity contribution is 5.92. The zero-order chi connectivity index (χ0) is 13.1. The maximum absolute atomic E-state index is 12.6. The molecule has 2 saturated heterocycles. The van der Waals surface area contributed by atoms with Gasteiger partial charge in [-0.1, -0.05) is 0 Å². The van der Waals surface area contributed by atoms with E-state index in [4.69, 9.17) is 0 Å². The van der Waals surface area contributed by atoms with Gasteiger partial charge in [-0.25, -0.2) is 4.98 Å². The van der Waals surface area contributed by atoms with Gasteiger partial charge in [-0.3, -0.25) is 9.78 Å². The molecule has 3 rings (SSSR count). The summed E-state index contributed by atoms with van der Waals surface area (Å²) >= 11 is 0. The molecule has 0 spiro atoms. The zero-order valence-corrected chi connectivity index (χ0v) is 11.1. The lowest BCUT2D eigenvalue weighted by molar-refractivity contribution is 0.0557. The van der Waals surface area contributed by atoms with Crippen molar-refractivity contribution in [2.24, 2.45) is 0 Å². The van der Waals surface area contributed by atoms with Crippen molar-refractivity contribution in [2.75, 3.05) is 13.1 Å². The van der Waals surface area contributed by atoms with Gasteiger partial charge in [-0.2, -0.15) is 0 Å². The van der Waals surface area contributed by atoms with Crippen LogP contribution in [0.5, 0.6) is 0 Å². The Kier molecular flexibility index (Phi) is 3.73. The lowest BCUT2D eigenvalue weighted by atomic mass is 9.94. The molecule has 2 aliphatic rings. The molecule has 1 aromatic heterocycles. The highest BCUT2D eigenvalue weighted by atomic mass is 16.2. The maximum Gasteiger partial charge on any atom is 0.274 e. The number of piperidine rings is 1. The van der Waals surface area contributed by atoms with Gasteiger partial charge in [-0.05, 0) is 38.6 Å². The molecular formula is C14H20N4O. The van der Waals surface area contributed by atoms with E-state index in [0.717, 1.165) is 25.9 Å². The largest absolute Gasteiger partial charge is 0.333 e. The van der Waals surface area contributed by atoms with Crippen molar-refractivity contribution in [1.82, 2.24) is 20.2 Å². The number of likely N-dealkylation sites (tertiary alicyclic amines) is 1. The van der Waals surface area contributed by atoms with Crippen LogP contribution in [-0.4, -0.2) is 45.9 Å². The van der Waals surface area contributed by atoms with Crippen LogP contribution in [0.1, 0.15) is 42.6 Å². The maximum atomic E-state index is 12.6. The second-order valence-corrected chi connectivity index (χ2v) is 5.36. The molecule has 5 heteroatoms. The predicted molar refractivity (Wildman–Crippen MR) is 71.7 cm³/mol. The van der Waals surface area contributed by atoms with Crippen LogP contribution in [0.2, 0.25) is 0 Å². The van der Waals surface area contributed by atoms with Gasteiger partial charge in [0.25, 0.3) is 5.91 Å². The summed E-state index contributed by atoms with van der Waals surface area (Å²) < 4.78 is 0. The molecule has 3 heterocycles. The summed E-state index contributed by atoms with van der Waals surface area (Å²) in [5.74, 6) is 0.0338. The third-order valence-electron chi connectivity index (χ3n) is 4.16. The van der Waals surface area contributed by atoms with Crippen molar-refractivity contribution < 1.29 is 4.79 Å². The van der Waals surface area contributed by atoms with Gasteiger partial charge in [-0.15, -0.1) is 0 Å². The first kappa shape index (κ1) is 12.5. The van der Waals surface area contributed by atoms with E-state index < -0.39 is 0 Å². The average molecular weight is 260 g/mol. The normalized spacial score (nSPS) is 27.5. The Morgan fingerprint density at radius 2 is 2.21 bits per heavy atom. The van der Waals surface area contributed by atoms with Crippen LogP contribution < -0.4 is 5.32 Å². The second kappa shape index (κ2) is 5.65. The lowest BCUT2D eigenvalue weighted by Gasteiger charge is -2.39. The van der Waals surface area contributed by atoms with E-state index in [9.17, 15) is 4.79 Å².